The molecule has 0 saturated carbocycles. The molecule has 0 aromatic carbocycles. The second-order valence-electron chi connectivity index (χ2n) is 3.58. The summed E-state index contributed by atoms with van der Waals surface area (Å²) in [6.07, 6.45) is 5.31. The van der Waals surface area contributed by atoms with Gasteiger partial charge in [-0.2, -0.15) is 0 Å². The highest BCUT2D eigenvalue weighted by Crippen LogP contribution is 2.29. The van der Waals surface area contributed by atoms with Crippen molar-refractivity contribution in [3.05, 3.63) is 29.8 Å². The Labute approximate surface area is 77.4 Å². The molecule has 0 amide bonds. The van der Waals surface area contributed by atoms with Gasteiger partial charge in [-0.1, -0.05) is 0 Å². The fourth-order valence-corrected chi connectivity index (χ4v) is 1.94. The van der Waals surface area contributed by atoms with Crippen LogP contribution in [0, 0.1) is 5.82 Å². The molecule has 2 rings (SSSR count). The van der Waals surface area contributed by atoms with Crippen LogP contribution in [-0.2, 0) is 0 Å². The maximum absolute atomic E-state index is 12.9. The number of likely N-dealkylation sites (tertiary alicyclic amines) is 1. The van der Waals surface area contributed by atoms with Crippen molar-refractivity contribution < 1.29 is 4.39 Å². The van der Waals surface area contributed by atoms with Gasteiger partial charge in [-0.05, 0) is 38.1 Å². The highest BCUT2D eigenvalue weighted by molar-refractivity contribution is 5.16. The minimum atomic E-state index is -0.238. The predicted octanol–water partition coefficient (Wildman–Crippen LogP) is 1.99. The predicted molar refractivity (Wildman–Crippen MR) is 48.8 cm³/mol. The van der Waals surface area contributed by atoms with Crippen molar-refractivity contribution >= 4 is 0 Å². The van der Waals surface area contributed by atoms with Crippen LogP contribution in [0.5, 0.6) is 0 Å². The lowest BCUT2D eigenvalue weighted by atomic mass is 10.1. The Morgan fingerprint density at radius 1 is 1.54 bits per heavy atom. The van der Waals surface area contributed by atoms with Crippen molar-refractivity contribution in [1.29, 1.82) is 0 Å². The van der Waals surface area contributed by atoms with Gasteiger partial charge in [0.05, 0.1) is 6.20 Å². The molecular formula is C10H13FN2. The van der Waals surface area contributed by atoms with Crippen LogP contribution >= 0.6 is 0 Å². The van der Waals surface area contributed by atoms with Gasteiger partial charge < -0.3 is 0 Å². The first-order chi connectivity index (χ1) is 6.27. The van der Waals surface area contributed by atoms with Crippen molar-refractivity contribution in [2.75, 3.05) is 13.6 Å². The van der Waals surface area contributed by atoms with Gasteiger partial charge in [0.15, 0.2) is 0 Å². The maximum Gasteiger partial charge on any atom is 0.141 e. The minimum Gasteiger partial charge on any atom is -0.299 e. The molecule has 70 valence electrons. The Morgan fingerprint density at radius 3 is 3.00 bits per heavy atom. The summed E-state index contributed by atoms with van der Waals surface area (Å²) in [6.45, 7) is 1.10. The zero-order chi connectivity index (χ0) is 9.26. The van der Waals surface area contributed by atoms with Crippen LogP contribution in [0.2, 0.25) is 0 Å². The SMILES string of the molecule is CN1CCCC1c1cncc(F)c1. The number of hydrogen-bond acceptors (Lipinski definition) is 2. The fourth-order valence-electron chi connectivity index (χ4n) is 1.94. The van der Waals surface area contributed by atoms with Crippen LogP contribution in [0.1, 0.15) is 24.4 Å². The second kappa shape index (κ2) is 3.42. The summed E-state index contributed by atoms with van der Waals surface area (Å²) >= 11 is 0. The van der Waals surface area contributed by atoms with E-state index in [1.807, 2.05) is 0 Å². The number of pyridine rings is 1. The van der Waals surface area contributed by atoms with Crippen molar-refractivity contribution in [3.63, 3.8) is 0 Å². The Morgan fingerprint density at radius 2 is 2.38 bits per heavy atom. The number of rotatable bonds is 1. The third-order valence-electron chi connectivity index (χ3n) is 2.63. The standard InChI is InChI=1S/C10H13FN2/c1-13-4-2-3-10(13)8-5-9(11)7-12-6-8/h5-7,10H,2-4H2,1H3. The largest absolute Gasteiger partial charge is 0.299 e. The van der Waals surface area contributed by atoms with Gasteiger partial charge in [-0.25, -0.2) is 4.39 Å². The molecule has 0 N–H and O–H groups in total. The lowest BCUT2D eigenvalue weighted by Gasteiger charge is -2.18. The highest BCUT2D eigenvalue weighted by atomic mass is 19.1. The molecule has 2 nitrogen and oxygen atoms in total. The van der Waals surface area contributed by atoms with Gasteiger partial charge in [0.25, 0.3) is 0 Å². The van der Waals surface area contributed by atoms with Crippen molar-refractivity contribution in [3.8, 4) is 0 Å². The molecule has 0 radical (unpaired) electrons. The van der Waals surface area contributed by atoms with Crippen LogP contribution in [0.4, 0.5) is 4.39 Å². The van der Waals surface area contributed by atoms with E-state index in [1.165, 1.54) is 12.6 Å². The average molecular weight is 180 g/mol. The van der Waals surface area contributed by atoms with Crippen LogP contribution in [0.3, 0.4) is 0 Å². The molecule has 1 atom stereocenters. The van der Waals surface area contributed by atoms with Crippen molar-refractivity contribution in [2.45, 2.75) is 18.9 Å². The van der Waals surface area contributed by atoms with Crippen molar-refractivity contribution in [2.24, 2.45) is 0 Å². The molecule has 1 aromatic rings. The molecule has 1 aromatic heterocycles. The maximum atomic E-state index is 12.9. The monoisotopic (exact) mass is 180 g/mol. The first-order valence-corrected chi connectivity index (χ1v) is 4.58. The van der Waals surface area contributed by atoms with Gasteiger partial charge in [0, 0.05) is 12.2 Å². The number of halogens is 1. The molecule has 0 spiro atoms. The molecule has 1 saturated heterocycles. The Hall–Kier alpha value is -0.960. The van der Waals surface area contributed by atoms with E-state index in [0.717, 1.165) is 18.5 Å². The van der Waals surface area contributed by atoms with E-state index in [2.05, 4.69) is 16.9 Å². The van der Waals surface area contributed by atoms with Gasteiger partial charge in [0.2, 0.25) is 0 Å². The smallest absolute Gasteiger partial charge is 0.141 e. The van der Waals surface area contributed by atoms with E-state index in [4.69, 9.17) is 0 Å². The zero-order valence-electron chi connectivity index (χ0n) is 7.70. The van der Waals surface area contributed by atoms with E-state index in [-0.39, 0.29) is 5.82 Å². The van der Waals surface area contributed by atoms with Gasteiger partial charge in [0.1, 0.15) is 5.82 Å². The van der Waals surface area contributed by atoms with E-state index in [9.17, 15) is 4.39 Å². The first-order valence-electron chi connectivity index (χ1n) is 4.58. The summed E-state index contributed by atoms with van der Waals surface area (Å²) in [7, 11) is 2.07. The molecule has 2 heterocycles. The van der Waals surface area contributed by atoms with Gasteiger partial charge in [-0.15, -0.1) is 0 Å². The summed E-state index contributed by atoms with van der Waals surface area (Å²) in [6, 6.07) is 1.95. The molecule has 0 aliphatic carbocycles. The number of hydrogen-bond donors (Lipinski definition) is 0. The Balaban J connectivity index is 2.24. The van der Waals surface area contributed by atoms with Crippen molar-refractivity contribution in [1.82, 2.24) is 9.88 Å². The first kappa shape index (κ1) is 8.63. The lowest BCUT2D eigenvalue weighted by molar-refractivity contribution is 0.316. The number of aromatic nitrogens is 1. The number of nitrogens with zero attached hydrogens (tertiary/aromatic N) is 2. The van der Waals surface area contributed by atoms with E-state index in [0.29, 0.717) is 6.04 Å². The van der Waals surface area contributed by atoms with E-state index in [1.54, 1.807) is 12.3 Å². The third-order valence-corrected chi connectivity index (χ3v) is 2.63. The molecule has 1 fully saturated rings. The minimum absolute atomic E-state index is 0.238. The summed E-state index contributed by atoms with van der Waals surface area (Å²) in [5.74, 6) is -0.238. The third kappa shape index (κ3) is 1.70. The molecule has 1 aliphatic heterocycles. The lowest BCUT2D eigenvalue weighted by Crippen LogP contribution is -2.17. The van der Waals surface area contributed by atoms with Crippen LogP contribution in [0.25, 0.3) is 0 Å². The summed E-state index contributed by atoms with van der Waals surface area (Å²) in [5.41, 5.74) is 1.00. The quantitative estimate of drug-likeness (QED) is 0.657. The second-order valence-corrected chi connectivity index (χ2v) is 3.58. The molecule has 13 heavy (non-hydrogen) atoms. The van der Waals surface area contributed by atoms with Crippen LogP contribution < -0.4 is 0 Å². The normalized spacial score (nSPS) is 23.7. The summed E-state index contributed by atoms with van der Waals surface area (Å²) in [4.78, 5) is 6.11. The van der Waals surface area contributed by atoms with Gasteiger partial charge in [-0.3, -0.25) is 9.88 Å². The summed E-state index contributed by atoms with van der Waals surface area (Å²) < 4.78 is 12.9. The Bertz CT molecular complexity index is 301. The van der Waals surface area contributed by atoms with E-state index >= 15 is 0 Å². The average Bonchev–Trinajstić information content (AvgIpc) is 2.51. The molecular weight excluding hydrogens is 167 g/mol. The zero-order valence-corrected chi connectivity index (χ0v) is 7.70. The van der Waals surface area contributed by atoms with Crippen LogP contribution in [-0.4, -0.2) is 23.5 Å². The molecule has 3 heteroatoms. The topological polar surface area (TPSA) is 16.1 Å². The van der Waals surface area contributed by atoms with E-state index < -0.39 is 0 Å². The summed E-state index contributed by atoms with van der Waals surface area (Å²) in [5, 5.41) is 0. The molecule has 1 unspecified atom stereocenters. The Kier molecular flexibility index (Phi) is 2.27. The highest BCUT2D eigenvalue weighted by Gasteiger charge is 2.22. The molecule has 0 bridgehead atoms. The van der Waals surface area contributed by atoms with Crippen LogP contribution in [0.15, 0.2) is 18.5 Å². The fraction of sp³-hybridized carbons (Fsp3) is 0.500. The van der Waals surface area contributed by atoms with Gasteiger partial charge >= 0.3 is 0 Å². The molecule has 1 aliphatic rings.